The highest BCUT2D eigenvalue weighted by Gasteiger charge is 2.43. The molecule has 2 fully saturated rings. The van der Waals surface area contributed by atoms with Gasteiger partial charge in [-0.1, -0.05) is 49.6 Å². The Hall–Kier alpha value is -1.33. The molecule has 0 amide bonds. The monoisotopic (exact) mass is 268 g/mol. The summed E-state index contributed by atoms with van der Waals surface area (Å²) in [6, 6.07) is 13.6. The fraction of sp³-hybridized carbons (Fsp3) is 0.611. The van der Waals surface area contributed by atoms with Crippen molar-refractivity contribution >= 4 is 0 Å². The van der Waals surface area contributed by atoms with Gasteiger partial charge in [-0.3, -0.25) is 4.90 Å². The van der Waals surface area contributed by atoms with Crippen molar-refractivity contribution in [3.63, 3.8) is 0 Å². The third-order valence-electron chi connectivity index (χ3n) is 5.19. The van der Waals surface area contributed by atoms with Crippen molar-refractivity contribution in [2.45, 2.75) is 62.9 Å². The van der Waals surface area contributed by atoms with Crippen LogP contribution in [0.25, 0.3) is 0 Å². The van der Waals surface area contributed by atoms with E-state index in [-0.39, 0.29) is 11.6 Å². The Balaban J connectivity index is 1.99. The molecule has 1 saturated carbocycles. The zero-order chi connectivity index (χ0) is 13.8. The third kappa shape index (κ3) is 2.36. The Morgan fingerprint density at radius 1 is 1.00 bits per heavy atom. The van der Waals surface area contributed by atoms with Gasteiger partial charge in [0.05, 0.1) is 12.1 Å². The van der Waals surface area contributed by atoms with Crippen molar-refractivity contribution in [3.8, 4) is 6.07 Å². The molecule has 0 aromatic heterocycles. The number of nitrogens with zero attached hydrogens (tertiary/aromatic N) is 2. The number of benzene rings is 1. The second kappa shape index (κ2) is 5.97. The zero-order valence-corrected chi connectivity index (χ0v) is 12.2. The molecule has 2 nitrogen and oxygen atoms in total. The molecule has 106 valence electrons. The minimum absolute atomic E-state index is 0.113. The van der Waals surface area contributed by atoms with Gasteiger partial charge >= 0.3 is 0 Å². The first-order valence-corrected chi connectivity index (χ1v) is 8.09. The highest BCUT2D eigenvalue weighted by Crippen LogP contribution is 2.44. The van der Waals surface area contributed by atoms with Gasteiger partial charge < -0.3 is 0 Å². The molecule has 1 saturated heterocycles. The van der Waals surface area contributed by atoms with Crippen molar-refractivity contribution < 1.29 is 0 Å². The average Bonchev–Trinajstić information content (AvgIpc) is 2.56. The maximum atomic E-state index is 9.56. The predicted molar refractivity (Wildman–Crippen MR) is 81.2 cm³/mol. The smallest absolute Gasteiger partial charge is 0.0985 e. The van der Waals surface area contributed by atoms with Crippen LogP contribution in [0.15, 0.2) is 30.3 Å². The molecule has 0 bridgehead atoms. The van der Waals surface area contributed by atoms with E-state index in [1.165, 1.54) is 50.5 Å². The molecule has 3 rings (SSSR count). The van der Waals surface area contributed by atoms with E-state index in [9.17, 15) is 5.26 Å². The van der Waals surface area contributed by atoms with E-state index in [2.05, 4.69) is 41.3 Å². The quantitative estimate of drug-likeness (QED) is 0.802. The van der Waals surface area contributed by atoms with Crippen LogP contribution in [0.4, 0.5) is 0 Å². The van der Waals surface area contributed by atoms with Crippen LogP contribution in [0.1, 0.15) is 56.9 Å². The van der Waals surface area contributed by atoms with Gasteiger partial charge in [0.1, 0.15) is 0 Å². The lowest BCUT2D eigenvalue weighted by Gasteiger charge is -2.50. The molecular weight excluding hydrogens is 244 g/mol. The average molecular weight is 268 g/mol. The van der Waals surface area contributed by atoms with Crippen LogP contribution < -0.4 is 0 Å². The molecule has 1 heterocycles. The maximum absolute atomic E-state index is 9.56. The van der Waals surface area contributed by atoms with Crippen molar-refractivity contribution in [2.75, 3.05) is 6.54 Å². The van der Waals surface area contributed by atoms with E-state index in [1.807, 2.05) is 0 Å². The van der Waals surface area contributed by atoms with E-state index in [4.69, 9.17) is 0 Å². The summed E-state index contributed by atoms with van der Waals surface area (Å²) in [6.45, 7) is 1.09. The van der Waals surface area contributed by atoms with Crippen LogP contribution in [0.2, 0.25) is 0 Å². The van der Waals surface area contributed by atoms with Gasteiger partial charge in [-0.05, 0) is 37.7 Å². The van der Waals surface area contributed by atoms with Gasteiger partial charge in [-0.15, -0.1) is 0 Å². The summed E-state index contributed by atoms with van der Waals surface area (Å²) in [7, 11) is 0. The molecule has 0 N–H and O–H groups in total. The lowest BCUT2D eigenvalue weighted by atomic mass is 9.73. The largest absolute Gasteiger partial charge is 0.278 e. The molecule has 0 radical (unpaired) electrons. The molecule has 1 aliphatic carbocycles. The minimum atomic E-state index is 0.113. The van der Waals surface area contributed by atoms with E-state index >= 15 is 0 Å². The van der Waals surface area contributed by atoms with Crippen LogP contribution in [-0.4, -0.2) is 17.5 Å². The number of hydrogen-bond acceptors (Lipinski definition) is 2. The Morgan fingerprint density at radius 3 is 2.45 bits per heavy atom. The second-order valence-electron chi connectivity index (χ2n) is 6.29. The normalized spacial score (nSPS) is 26.9. The Morgan fingerprint density at radius 2 is 1.75 bits per heavy atom. The lowest BCUT2D eigenvalue weighted by Crippen LogP contribution is -2.54. The van der Waals surface area contributed by atoms with Crippen molar-refractivity contribution in [3.05, 3.63) is 35.9 Å². The van der Waals surface area contributed by atoms with Gasteiger partial charge in [-0.2, -0.15) is 5.26 Å². The Kier molecular flexibility index (Phi) is 4.08. The molecule has 1 unspecified atom stereocenters. The first kappa shape index (κ1) is 13.6. The molecule has 2 heteroatoms. The third-order valence-corrected chi connectivity index (χ3v) is 5.19. The van der Waals surface area contributed by atoms with Crippen molar-refractivity contribution in [1.82, 2.24) is 4.90 Å². The number of piperidine rings is 1. The van der Waals surface area contributed by atoms with Gasteiger partial charge in [-0.25, -0.2) is 0 Å². The molecule has 1 aliphatic heterocycles. The Bertz CT molecular complexity index is 468. The lowest BCUT2D eigenvalue weighted by molar-refractivity contribution is 0.00664. The SMILES string of the molecule is N#CC1CCCCN1C1(c2ccccc2)CCCCC1. The first-order valence-electron chi connectivity index (χ1n) is 8.09. The van der Waals surface area contributed by atoms with Crippen LogP contribution in [0.3, 0.4) is 0 Å². The fourth-order valence-corrected chi connectivity index (χ4v) is 4.20. The first-order chi connectivity index (χ1) is 9.87. The highest BCUT2D eigenvalue weighted by molar-refractivity contribution is 5.26. The van der Waals surface area contributed by atoms with Crippen molar-refractivity contribution in [1.29, 1.82) is 5.26 Å². The summed E-state index contributed by atoms with van der Waals surface area (Å²) in [5, 5.41) is 9.56. The molecule has 0 spiro atoms. The highest BCUT2D eigenvalue weighted by atomic mass is 15.2. The summed E-state index contributed by atoms with van der Waals surface area (Å²) in [4.78, 5) is 2.55. The molecule has 1 aromatic rings. The summed E-state index contributed by atoms with van der Waals surface area (Å²) in [6.07, 6.45) is 9.87. The number of rotatable bonds is 2. The van der Waals surface area contributed by atoms with Crippen LogP contribution in [0.5, 0.6) is 0 Å². The number of nitriles is 1. The summed E-state index contributed by atoms with van der Waals surface area (Å²) < 4.78 is 0. The molecule has 1 atom stereocenters. The molecule has 1 aromatic carbocycles. The second-order valence-corrected chi connectivity index (χ2v) is 6.29. The van der Waals surface area contributed by atoms with Crippen LogP contribution in [-0.2, 0) is 5.54 Å². The van der Waals surface area contributed by atoms with Crippen molar-refractivity contribution in [2.24, 2.45) is 0 Å². The summed E-state index contributed by atoms with van der Waals surface area (Å²) >= 11 is 0. The molecule has 2 aliphatic rings. The van der Waals surface area contributed by atoms with E-state index in [0.717, 1.165) is 13.0 Å². The van der Waals surface area contributed by atoms with Gasteiger partial charge in [0, 0.05) is 12.1 Å². The van der Waals surface area contributed by atoms with E-state index in [1.54, 1.807) is 0 Å². The van der Waals surface area contributed by atoms with Gasteiger partial charge in [0.15, 0.2) is 0 Å². The summed E-state index contributed by atoms with van der Waals surface area (Å²) in [5.74, 6) is 0. The van der Waals surface area contributed by atoms with E-state index in [0.29, 0.717) is 0 Å². The number of likely N-dealkylation sites (tertiary alicyclic amines) is 1. The molecular formula is C18H24N2. The predicted octanol–water partition coefficient (Wildman–Crippen LogP) is 4.22. The van der Waals surface area contributed by atoms with Gasteiger partial charge in [0.25, 0.3) is 0 Å². The minimum Gasteiger partial charge on any atom is -0.278 e. The molecule has 20 heavy (non-hydrogen) atoms. The van der Waals surface area contributed by atoms with E-state index < -0.39 is 0 Å². The Labute approximate surface area is 122 Å². The maximum Gasteiger partial charge on any atom is 0.0985 e. The number of hydrogen-bond donors (Lipinski definition) is 0. The standard InChI is InChI=1S/C18H24N2/c19-15-17-11-5-8-14-20(17)18(12-6-2-7-13-18)16-9-3-1-4-10-16/h1,3-4,9-10,17H,2,5-8,11-14H2. The topological polar surface area (TPSA) is 27.0 Å². The van der Waals surface area contributed by atoms with Gasteiger partial charge in [0.2, 0.25) is 0 Å². The van der Waals surface area contributed by atoms with Crippen LogP contribution in [0, 0.1) is 11.3 Å². The summed E-state index contributed by atoms with van der Waals surface area (Å²) in [5.41, 5.74) is 1.56. The fourth-order valence-electron chi connectivity index (χ4n) is 4.20. The zero-order valence-electron chi connectivity index (χ0n) is 12.2. The van der Waals surface area contributed by atoms with Crippen LogP contribution >= 0.6 is 0 Å².